The Morgan fingerprint density at radius 1 is 1.11 bits per heavy atom. The first-order valence-electron chi connectivity index (χ1n) is 6.43. The first-order valence-corrected chi connectivity index (χ1v) is 7.79. The van der Waals surface area contributed by atoms with E-state index in [1.807, 2.05) is 24.3 Å². The highest BCUT2D eigenvalue weighted by molar-refractivity contribution is 7.98. The van der Waals surface area contributed by atoms with Gasteiger partial charge in [0.2, 0.25) is 0 Å². The van der Waals surface area contributed by atoms with Gasteiger partial charge in [-0.3, -0.25) is 0 Å². The number of rotatable bonds is 5. The second-order valence-corrected chi connectivity index (χ2v) is 5.86. The van der Waals surface area contributed by atoms with E-state index < -0.39 is 0 Å². The van der Waals surface area contributed by atoms with Crippen molar-refractivity contribution in [3.63, 3.8) is 0 Å². The summed E-state index contributed by atoms with van der Waals surface area (Å²) in [5.74, 6) is 0.868. The Balaban J connectivity index is 2.14. The lowest BCUT2D eigenvalue weighted by Gasteiger charge is -2.14. The van der Waals surface area contributed by atoms with Crippen LogP contribution in [0.5, 0.6) is 0 Å². The van der Waals surface area contributed by atoms with E-state index in [1.165, 1.54) is 10.5 Å². The third kappa shape index (κ3) is 3.75. The highest BCUT2D eigenvalue weighted by Gasteiger charge is 2.09. The molecule has 2 N–H and O–H groups in total. The lowest BCUT2D eigenvalue weighted by molar-refractivity contribution is 0.685. The molecule has 3 heteroatoms. The van der Waals surface area contributed by atoms with Crippen LogP contribution in [0.15, 0.2) is 53.4 Å². The van der Waals surface area contributed by atoms with E-state index in [1.54, 1.807) is 11.8 Å². The zero-order valence-electron chi connectivity index (χ0n) is 11.0. The largest absolute Gasteiger partial charge is 0.324 e. The molecule has 0 spiro atoms. The predicted octanol–water partition coefficient (Wildman–Crippen LogP) is 5.04. The Bertz CT molecular complexity index is 542. The average molecular weight is 292 g/mol. The van der Waals surface area contributed by atoms with Crippen molar-refractivity contribution < 1.29 is 0 Å². The first kappa shape index (κ1) is 14.4. The molecule has 2 rings (SSSR count). The zero-order chi connectivity index (χ0) is 13.7. The number of hydrogen-bond donors (Lipinski definition) is 1. The minimum absolute atomic E-state index is 0.106. The highest BCUT2D eigenvalue weighted by atomic mass is 35.5. The monoisotopic (exact) mass is 291 g/mol. The number of thioether (sulfide) groups is 1. The van der Waals surface area contributed by atoms with Crippen molar-refractivity contribution in [3.05, 3.63) is 64.7 Å². The van der Waals surface area contributed by atoms with Gasteiger partial charge in [-0.15, -0.1) is 11.8 Å². The first-order chi connectivity index (χ1) is 9.22. The van der Waals surface area contributed by atoms with E-state index in [9.17, 15) is 0 Å². The molecule has 100 valence electrons. The van der Waals surface area contributed by atoms with Crippen molar-refractivity contribution in [3.8, 4) is 0 Å². The number of benzene rings is 2. The lowest BCUT2D eigenvalue weighted by atomic mass is 10.1. The second kappa shape index (κ2) is 6.99. The molecule has 0 amide bonds. The van der Waals surface area contributed by atoms with E-state index in [4.69, 9.17) is 17.3 Å². The highest BCUT2D eigenvalue weighted by Crippen LogP contribution is 2.31. The van der Waals surface area contributed by atoms with E-state index in [2.05, 4.69) is 31.2 Å². The van der Waals surface area contributed by atoms with Gasteiger partial charge >= 0.3 is 0 Å². The van der Waals surface area contributed by atoms with Crippen molar-refractivity contribution in [2.75, 3.05) is 0 Å². The molecule has 0 aromatic heterocycles. The molecule has 0 saturated heterocycles. The van der Waals surface area contributed by atoms with Crippen LogP contribution < -0.4 is 5.73 Å². The molecule has 0 heterocycles. The summed E-state index contributed by atoms with van der Waals surface area (Å²) >= 11 is 7.98. The van der Waals surface area contributed by atoms with Crippen LogP contribution in [0.25, 0.3) is 0 Å². The molecular formula is C16H18ClNS. The van der Waals surface area contributed by atoms with Crippen LogP contribution in [0.3, 0.4) is 0 Å². The molecule has 2 aromatic rings. The Labute approximate surface area is 124 Å². The smallest absolute Gasteiger partial charge is 0.0446 e. The van der Waals surface area contributed by atoms with Crippen LogP contribution in [0.1, 0.15) is 30.5 Å². The molecule has 1 atom stereocenters. The predicted molar refractivity (Wildman–Crippen MR) is 84.7 cm³/mol. The quantitative estimate of drug-likeness (QED) is 0.781. The summed E-state index contributed by atoms with van der Waals surface area (Å²) in [4.78, 5) is 1.25. The topological polar surface area (TPSA) is 26.0 Å². The van der Waals surface area contributed by atoms with Gasteiger partial charge < -0.3 is 5.73 Å². The standard InChI is InChI=1S/C16H18ClNS/c1-2-15(18)13-8-4-6-10-16(13)19-11-12-7-3-5-9-14(12)17/h3-10,15H,2,11,18H2,1H3/t15-/m1/s1. The van der Waals surface area contributed by atoms with Gasteiger partial charge in [0.1, 0.15) is 0 Å². The molecule has 0 aliphatic rings. The maximum atomic E-state index is 6.18. The Hall–Kier alpha value is -0.960. The van der Waals surface area contributed by atoms with Crippen LogP contribution in [-0.2, 0) is 5.75 Å². The van der Waals surface area contributed by atoms with Crippen LogP contribution in [0.4, 0.5) is 0 Å². The summed E-state index contributed by atoms with van der Waals surface area (Å²) in [6.07, 6.45) is 0.948. The summed E-state index contributed by atoms with van der Waals surface area (Å²) in [5, 5.41) is 0.826. The number of nitrogens with two attached hydrogens (primary N) is 1. The summed E-state index contributed by atoms with van der Waals surface area (Å²) < 4.78 is 0. The molecular weight excluding hydrogens is 274 g/mol. The lowest BCUT2D eigenvalue weighted by Crippen LogP contribution is -2.09. The van der Waals surface area contributed by atoms with E-state index >= 15 is 0 Å². The molecule has 1 nitrogen and oxygen atoms in total. The fourth-order valence-corrected chi connectivity index (χ4v) is 3.31. The third-order valence-electron chi connectivity index (χ3n) is 3.10. The molecule has 0 unspecified atom stereocenters. The van der Waals surface area contributed by atoms with Crippen LogP contribution >= 0.6 is 23.4 Å². The summed E-state index contributed by atoms with van der Waals surface area (Å²) in [6.45, 7) is 2.11. The van der Waals surface area contributed by atoms with Crippen molar-refractivity contribution in [2.24, 2.45) is 5.73 Å². The molecule has 0 radical (unpaired) electrons. The molecule has 0 fully saturated rings. The van der Waals surface area contributed by atoms with Gasteiger partial charge in [-0.1, -0.05) is 54.9 Å². The summed E-state index contributed by atoms with van der Waals surface area (Å²) in [7, 11) is 0. The maximum absolute atomic E-state index is 6.18. The molecule has 19 heavy (non-hydrogen) atoms. The molecule has 0 saturated carbocycles. The Kier molecular flexibility index (Phi) is 5.32. The third-order valence-corrected chi connectivity index (χ3v) is 4.61. The van der Waals surface area contributed by atoms with E-state index in [0.717, 1.165) is 22.8 Å². The number of hydrogen-bond acceptors (Lipinski definition) is 2. The summed E-state index contributed by atoms with van der Waals surface area (Å²) in [5.41, 5.74) is 8.54. The second-order valence-electron chi connectivity index (χ2n) is 4.43. The maximum Gasteiger partial charge on any atom is 0.0446 e. The minimum atomic E-state index is 0.106. The van der Waals surface area contributed by atoms with Crippen molar-refractivity contribution in [1.82, 2.24) is 0 Å². The van der Waals surface area contributed by atoms with E-state index in [0.29, 0.717) is 0 Å². The minimum Gasteiger partial charge on any atom is -0.324 e. The molecule has 0 aliphatic heterocycles. The fraction of sp³-hybridized carbons (Fsp3) is 0.250. The van der Waals surface area contributed by atoms with Gasteiger partial charge in [0, 0.05) is 21.7 Å². The van der Waals surface area contributed by atoms with Gasteiger partial charge in [-0.05, 0) is 29.7 Å². The van der Waals surface area contributed by atoms with Gasteiger partial charge in [0.15, 0.2) is 0 Å². The SMILES string of the molecule is CC[C@@H](N)c1ccccc1SCc1ccccc1Cl. The normalized spacial score (nSPS) is 12.4. The van der Waals surface area contributed by atoms with Gasteiger partial charge in [-0.2, -0.15) is 0 Å². The molecule has 0 aliphatic carbocycles. The zero-order valence-corrected chi connectivity index (χ0v) is 12.5. The average Bonchev–Trinajstić information content (AvgIpc) is 2.46. The Morgan fingerprint density at radius 3 is 2.53 bits per heavy atom. The van der Waals surface area contributed by atoms with E-state index in [-0.39, 0.29) is 6.04 Å². The van der Waals surface area contributed by atoms with Crippen LogP contribution in [0, 0.1) is 0 Å². The van der Waals surface area contributed by atoms with Gasteiger partial charge in [-0.25, -0.2) is 0 Å². The Morgan fingerprint density at radius 2 is 1.79 bits per heavy atom. The number of halogens is 1. The molecule has 0 bridgehead atoms. The van der Waals surface area contributed by atoms with Crippen LogP contribution in [0.2, 0.25) is 5.02 Å². The fourth-order valence-electron chi connectivity index (χ4n) is 1.91. The van der Waals surface area contributed by atoms with Crippen molar-refractivity contribution >= 4 is 23.4 Å². The summed E-state index contributed by atoms with van der Waals surface area (Å²) in [6, 6.07) is 16.4. The van der Waals surface area contributed by atoms with Crippen LogP contribution in [-0.4, -0.2) is 0 Å². The van der Waals surface area contributed by atoms with Crippen molar-refractivity contribution in [1.29, 1.82) is 0 Å². The van der Waals surface area contributed by atoms with Gasteiger partial charge in [0.05, 0.1) is 0 Å². The van der Waals surface area contributed by atoms with Gasteiger partial charge in [0.25, 0.3) is 0 Å². The van der Waals surface area contributed by atoms with Crippen molar-refractivity contribution in [2.45, 2.75) is 30.0 Å². The molecule has 2 aromatic carbocycles.